The average Bonchev–Trinajstić information content (AvgIpc) is 3.11. The number of esters is 2. The Balaban J connectivity index is 2.79. The lowest BCUT2D eigenvalue weighted by Gasteiger charge is -2.26. The summed E-state index contributed by atoms with van der Waals surface area (Å²) in [5.41, 5.74) is 5.21. The van der Waals surface area contributed by atoms with Crippen molar-refractivity contribution < 1.29 is 28.7 Å². The molecule has 0 spiro atoms. The molecule has 0 aliphatic rings. The Bertz CT molecular complexity index is 833. The minimum atomic E-state index is -1.27. The molecule has 1 heterocycles. The number of tetrazole rings is 1. The molecular formula is C20H35N7O6. The number of ether oxygens (including phenoxy) is 2. The van der Waals surface area contributed by atoms with Crippen molar-refractivity contribution in [3.8, 4) is 0 Å². The Morgan fingerprint density at radius 2 is 1.76 bits per heavy atom. The molecule has 0 aliphatic heterocycles. The third-order valence-electron chi connectivity index (χ3n) is 4.56. The highest BCUT2D eigenvalue weighted by molar-refractivity contribution is 5.93. The summed E-state index contributed by atoms with van der Waals surface area (Å²) >= 11 is 0. The number of nitrogens with zero attached hydrogens (tertiary/aromatic N) is 4. The Labute approximate surface area is 193 Å². The number of rotatable bonds is 11. The van der Waals surface area contributed by atoms with Crippen molar-refractivity contribution >= 4 is 23.8 Å². The van der Waals surface area contributed by atoms with Crippen LogP contribution in [0.2, 0.25) is 0 Å². The molecule has 0 unspecified atom stereocenters. The quantitative estimate of drug-likeness (QED) is 0.340. The first-order chi connectivity index (χ1) is 15.2. The highest BCUT2D eigenvalue weighted by Gasteiger charge is 2.32. The first-order valence-corrected chi connectivity index (χ1v) is 10.6. The van der Waals surface area contributed by atoms with Crippen molar-refractivity contribution in [2.24, 2.45) is 18.7 Å². The zero-order valence-corrected chi connectivity index (χ0v) is 20.2. The Morgan fingerprint density at radius 3 is 2.24 bits per heavy atom. The van der Waals surface area contributed by atoms with E-state index in [4.69, 9.17) is 15.2 Å². The number of carbonyl (C=O) groups excluding carboxylic acids is 4. The number of nitrogens with one attached hydrogen (secondary N) is 2. The predicted octanol–water partition coefficient (Wildman–Crippen LogP) is -1.000. The molecule has 186 valence electrons. The summed E-state index contributed by atoms with van der Waals surface area (Å²) < 4.78 is 11.4. The lowest BCUT2D eigenvalue weighted by atomic mass is 10.0. The summed E-state index contributed by atoms with van der Waals surface area (Å²) in [4.78, 5) is 49.7. The van der Waals surface area contributed by atoms with Gasteiger partial charge in [-0.25, -0.2) is 9.48 Å². The van der Waals surface area contributed by atoms with E-state index in [1.54, 1.807) is 41.7 Å². The number of nitrogens with two attached hydrogens (primary N) is 1. The molecule has 1 rings (SSSR count). The van der Waals surface area contributed by atoms with E-state index >= 15 is 0 Å². The van der Waals surface area contributed by atoms with E-state index in [-0.39, 0.29) is 12.3 Å². The van der Waals surface area contributed by atoms with Crippen LogP contribution in [-0.4, -0.2) is 74.8 Å². The fourth-order valence-corrected chi connectivity index (χ4v) is 2.82. The van der Waals surface area contributed by atoms with E-state index in [0.29, 0.717) is 12.2 Å². The van der Waals surface area contributed by atoms with Gasteiger partial charge in [-0.1, -0.05) is 13.8 Å². The van der Waals surface area contributed by atoms with Crippen molar-refractivity contribution in [3.05, 3.63) is 5.82 Å². The molecular weight excluding hydrogens is 434 g/mol. The van der Waals surface area contributed by atoms with Gasteiger partial charge in [-0.15, -0.1) is 5.10 Å². The normalized spacial score (nSPS) is 14.2. The maximum Gasteiger partial charge on any atom is 0.328 e. The monoisotopic (exact) mass is 469 g/mol. The molecule has 13 nitrogen and oxygen atoms in total. The van der Waals surface area contributed by atoms with Gasteiger partial charge in [0.05, 0.1) is 19.6 Å². The van der Waals surface area contributed by atoms with Gasteiger partial charge in [0, 0.05) is 13.5 Å². The molecule has 1 aromatic heterocycles. The topological polar surface area (TPSA) is 180 Å². The largest absolute Gasteiger partial charge is 0.467 e. The molecule has 0 bridgehead atoms. The van der Waals surface area contributed by atoms with Gasteiger partial charge in [0.25, 0.3) is 0 Å². The zero-order chi connectivity index (χ0) is 25.3. The van der Waals surface area contributed by atoms with E-state index < -0.39 is 53.9 Å². The molecule has 0 aromatic carbocycles. The Kier molecular flexibility index (Phi) is 10.4. The highest BCUT2D eigenvalue weighted by atomic mass is 16.6. The minimum Gasteiger partial charge on any atom is -0.467 e. The second kappa shape index (κ2) is 12.2. The molecule has 1 aromatic rings. The van der Waals surface area contributed by atoms with Crippen LogP contribution in [0.4, 0.5) is 0 Å². The van der Waals surface area contributed by atoms with Crippen molar-refractivity contribution in [2.75, 3.05) is 7.11 Å². The van der Waals surface area contributed by atoms with Crippen molar-refractivity contribution in [3.63, 3.8) is 0 Å². The van der Waals surface area contributed by atoms with Crippen LogP contribution in [0.15, 0.2) is 0 Å². The Morgan fingerprint density at radius 1 is 1.12 bits per heavy atom. The maximum atomic E-state index is 12.9. The van der Waals surface area contributed by atoms with Crippen LogP contribution in [0.3, 0.4) is 0 Å². The van der Waals surface area contributed by atoms with Gasteiger partial charge in [0.1, 0.15) is 17.7 Å². The Hall–Kier alpha value is -3.09. The molecule has 0 saturated heterocycles. The summed E-state index contributed by atoms with van der Waals surface area (Å²) in [5.74, 6) is -2.44. The van der Waals surface area contributed by atoms with Crippen LogP contribution in [0.5, 0.6) is 0 Å². The lowest BCUT2D eigenvalue weighted by Crippen LogP contribution is -2.56. The summed E-state index contributed by atoms with van der Waals surface area (Å²) in [6, 6.07) is -3.17. The van der Waals surface area contributed by atoms with Crippen LogP contribution in [0, 0.1) is 5.92 Å². The fourth-order valence-electron chi connectivity index (χ4n) is 2.82. The molecule has 0 radical (unpaired) electrons. The summed E-state index contributed by atoms with van der Waals surface area (Å²) in [6.45, 7) is 8.51. The van der Waals surface area contributed by atoms with Gasteiger partial charge < -0.3 is 25.8 Å². The van der Waals surface area contributed by atoms with Gasteiger partial charge in [-0.05, 0) is 43.5 Å². The standard InChI is InChI=1S/C20H35N7O6/c1-11(2)16(23-17(29)12(21)8-9-14-24-25-26-27(14)6)18(30)22-13(19(31)32-7)10-15(28)33-20(3,4)5/h11-13,16H,8-10,21H2,1-7H3,(H,22,30)(H,23,29)/t12-,13-,16-/m0/s1. The maximum absolute atomic E-state index is 12.9. The first kappa shape index (κ1) is 27.9. The predicted molar refractivity (Wildman–Crippen MR) is 116 cm³/mol. The van der Waals surface area contributed by atoms with Crippen LogP contribution in [0.25, 0.3) is 0 Å². The minimum absolute atomic E-state index is 0.260. The van der Waals surface area contributed by atoms with Crippen LogP contribution in [-0.2, 0) is 42.1 Å². The van der Waals surface area contributed by atoms with E-state index in [2.05, 4.69) is 26.2 Å². The van der Waals surface area contributed by atoms with Crippen molar-refractivity contribution in [2.45, 2.75) is 77.6 Å². The first-order valence-electron chi connectivity index (χ1n) is 10.6. The van der Waals surface area contributed by atoms with E-state index in [1.165, 1.54) is 4.68 Å². The van der Waals surface area contributed by atoms with Gasteiger partial charge in [-0.3, -0.25) is 14.4 Å². The number of aryl methyl sites for hydroxylation is 2. The number of aromatic nitrogens is 4. The summed E-state index contributed by atoms with van der Waals surface area (Å²) in [6.07, 6.45) is 0.215. The fraction of sp³-hybridized carbons (Fsp3) is 0.750. The molecule has 4 N–H and O–H groups in total. The van der Waals surface area contributed by atoms with Gasteiger partial charge in [-0.2, -0.15) is 0 Å². The molecule has 13 heteroatoms. The van der Waals surface area contributed by atoms with Crippen LogP contribution < -0.4 is 16.4 Å². The van der Waals surface area contributed by atoms with Crippen LogP contribution >= 0.6 is 0 Å². The number of methoxy groups -OCH3 is 1. The molecule has 3 atom stereocenters. The summed E-state index contributed by atoms with van der Waals surface area (Å²) in [7, 11) is 2.82. The lowest BCUT2D eigenvalue weighted by molar-refractivity contribution is -0.159. The second-order valence-corrected chi connectivity index (χ2v) is 8.97. The average molecular weight is 470 g/mol. The smallest absolute Gasteiger partial charge is 0.328 e. The second-order valence-electron chi connectivity index (χ2n) is 8.97. The van der Waals surface area contributed by atoms with Crippen molar-refractivity contribution in [1.29, 1.82) is 0 Å². The van der Waals surface area contributed by atoms with Gasteiger partial charge >= 0.3 is 11.9 Å². The van der Waals surface area contributed by atoms with E-state index in [0.717, 1.165) is 7.11 Å². The van der Waals surface area contributed by atoms with E-state index in [9.17, 15) is 19.2 Å². The molecule has 2 amide bonds. The van der Waals surface area contributed by atoms with Gasteiger partial charge in [0.2, 0.25) is 11.8 Å². The van der Waals surface area contributed by atoms with Crippen LogP contribution in [0.1, 0.15) is 53.3 Å². The molecule has 0 aliphatic carbocycles. The van der Waals surface area contributed by atoms with E-state index in [1.807, 2.05) is 0 Å². The SMILES string of the molecule is COC(=O)[C@H](CC(=O)OC(C)(C)C)NC(=O)[C@@H](NC(=O)[C@@H](N)CCc1nnnn1C)C(C)C. The summed E-state index contributed by atoms with van der Waals surface area (Å²) in [5, 5.41) is 16.2. The molecule has 0 saturated carbocycles. The third-order valence-corrected chi connectivity index (χ3v) is 4.56. The zero-order valence-electron chi connectivity index (χ0n) is 20.2. The number of amides is 2. The highest BCUT2D eigenvalue weighted by Crippen LogP contribution is 2.11. The van der Waals surface area contributed by atoms with Crippen molar-refractivity contribution in [1.82, 2.24) is 30.8 Å². The number of hydrogen-bond donors (Lipinski definition) is 3. The molecule has 0 fully saturated rings. The third kappa shape index (κ3) is 9.51. The van der Waals surface area contributed by atoms with Gasteiger partial charge in [0.15, 0.2) is 5.82 Å². The number of carbonyl (C=O) groups is 4. The number of hydrogen-bond acceptors (Lipinski definition) is 10. The molecule has 33 heavy (non-hydrogen) atoms.